The molecule has 1 N–H and O–H groups in total. The van der Waals surface area contributed by atoms with Gasteiger partial charge in [-0.15, -0.1) is 23.1 Å². The van der Waals surface area contributed by atoms with Crippen molar-refractivity contribution < 1.29 is 4.79 Å². The van der Waals surface area contributed by atoms with Crippen LogP contribution in [0.1, 0.15) is 20.9 Å². The van der Waals surface area contributed by atoms with Gasteiger partial charge in [0, 0.05) is 27.8 Å². The van der Waals surface area contributed by atoms with Crippen LogP contribution in [0, 0.1) is 6.92 Å². The Morgan fingerprint density at radius 3 is 2.79 bits per heavy atom. The molecule has 0 aliphatic heterocycles. The van der Waals surface area contributed by atoms with Crippen LogP contribution in [0.15, 0.2) is 70.5 Å². The van der Waals surface area contributed by atoms with E-state index in [4.69, 9.17) is 11.6 Å². The summed E-state index contributed by atoms with van der Waals surface area (Å²) in [6.45, 7) is 1.95. The maximum absolute atomic E-state index is 12.6. The number of nitrogens with zero attached hydrogens (tertiary/aromatic N) is 2. The Balaban J connectivity index is 1.54. The molecule has 4 aromatic rings. The smallest absolute Gasteiger partial charge is 0.258 e. The highest BCUT2D eigenvalue weighted by Crippen LogP contribution is 2.30. The van der Waals surface area contributed by atoms with E-state index in [2.05, 4.69) is 10.3 Å². The highest BCUT2D eigenvalue weighted by Gasteiger charge is 2.13. The Morgan fingerprint density at radius 2 is 1.97 bits per heavy atom. The highest BCUT2D eigenvalue weighted by atomic mass is 35.5. The zero-order valence-corrected chi connectivity index (χ0v) is 17.8. The van der Waals surface area contributed by atoms with Gasteiger partial charge in [-0.3, -0.25) is 14.0 Å². The number of amides is 1. The molecule has 2 heterocycles. The molecule has 2 aromatic heterocycles. The summed E-state index contributed by atoms with van der Waals surface area (Å²) in [6, 6.07) is 16.0. The molecule has 0 aliphatic rings. The number of benzene rings is 2. The van der Waals surface area contributed by atoms with Crippen molar-refractivity contribution in [3.8, 4) is 0 Å². The van der Waals surface area contributed by atoms with Crippen LogP contribution in [-0.2, 0) is 5.75 Å². The fourth-order valence-corrected chi connectivity index (χ4v) is 4.79. The van der Waals surface area contributed by atoms with Crippen molar-refractivity contribution in [3.63, 3.8) is 0 Å². The van der Waals surface area contributed by atoms with Gasteiger partial charge in [-0.1, -0.05) is 35.9 Å². The molecule has 0 saturated carbocycles. The predicted molar refractivity (Wildman–Crippen MR) is 119 cm³/mol. The van der Waals surface area contributed by atoms with Gasteiger partial charge in [0.05, 0.1) is 22.0 Å². The summed E-state index contributed by atoms with van der Waals surface area (Å²) < 4.78 is 1.56. The van der Waals surface area contributed by atoms with E-state index in [9.17, 15) is 9.59 Å². The van der Waals surface area contributed by atoms with E-state index in [-0.39, 0.29) is 11.5 Å². The summed E-state index contributed by atoms with van der Waals surface area (Å²) in [5, 5.41) is 3.32. The lowest BCUT2D eigenvalue weighted by Gasteiger charge is -2.11. The van der Waals surface area contributed by atoms with Crippen molar-refractivity contribution in [1.82, 2.24) is 9.38 Å². The van der Waals surface area contributed by atoms with E-state index >= 15 is 0 Å². The number of thiazole rings is 1. The Kier molecular flexibility index (Phi) is 5.71. The van der Waals surface area contributed by atoms with Crippen LogP contribution >= 0.6 is 34.7 Å². The first-order valence-corrected chi connectivity index (χ1v) is 11.0. The first-order chi connectivity index (χ1) is 14.0. The molecule has 0 spiro atoms. The molecular formula is C21H16ClN3O2S2. The lowest BCUT2D eigenvalue weighted by atomic mass is 10.2. The fraction of sp³-hybridized carbons (Fsp3) is 0.0952. The quantitative estimate of drug-likeness (QED) is 0.429. The molecule has 0 saturated heterocycles. The van der Waals surface area contributed by atoms with Crippen LogP contribution < -0.4 is 10.9 Å². The van der Waals surface area contributed by atoms with Crippen molar-refractivity contribution in [2.45, 2.75) is 17.6 Å². The number of aromatic nitrogens is 2. The minimum absolute atomic E-state index is 0.0877. The number of hydrogen-bond donors (Lipinski definition) is 1. The van der Waals surface area contributed by atoms with Crippen molar-refractivity contribution in [1.29, 1.82) is 0 Å². The van der Waals surface area contributed by atoms with Gasteiger partial charge < -0.3 is 5.32 Å². The van der Waals surface area contributed by atoms with Crippen LogP contribution in [0.25, 0.3) is 4.96 Å². The van der Waals surface area contributed by atoms with Crippen LogP contribution in [0.5, 0.6) is 0 Å². The average molecular weight is 442 g/mol. The van der Waals surface area contributed by atoms with E-state index in [1.165, 1.54) is 23.1 Å². The van der Waals surface area contributed by atoms with E-state index in [0.29, 0.717) is 32.7 Å². The molecule has 0 unspecified atom stereocenters. The van der Waals surface area contributed by atoms with Gasteiger partial charge in [-0.2, -0.15) is 0 Å². The summed E-state index contributed by atoms with van der Waals surface area (Å²) in [5.74, 6) is 0.247. The van der Waals surface area contributed by atoms with Gasteiger partial charge in [0.25, 0.3) is 11.5 Å². The molecule has 0 bridgehead atoms. The minimum atomic E-state index is -0.268. The Bertz CT molecular complexity index is 1270. The van der Waals surface area contributed by atoms with Gasteiger partial charge in [0.15, 0.2) is 4.96 Å². The third kappa shape index (κ3) is 4.37. The minimum Gasteiger partial charge on any atom is -0.321 e. The number of para-hydroxylation sites is 1. The maximum Gasteiger partial charge on any atom is 0.258 e. The zero-order valence-electron chi connectivity index (χ0n) is 15.4. The standard InChI is InChI=1S/C21H16ClN3O2S2/c1-13-11-25-19(26)10-14(23-21(25)29-13)12-28-18-9-5-4-8-17(18)24-20(27)15-6-2-3-7-16(15)22/h2-11H,12H2,1H3,(H,24,27). The van der Waals surface area contributed by atoms with Gasteiger partial charge in [0.2, 0.25) is 0 Å². The highest BCUT2D eigenvalue weighted by molar-refractivity contribution is 7.98. The molecule has 0 aliphatic carbocycles. The molecular weight excluding hydrogens is 426 g/mol. The van der Waals surface area contributed by atoms with Gasteiger partial charge in [0.1, 0.15) is 0 Å². The zero-order chi connectivity index (χ0) is 20.4. The summed E-state index contributed by atoms with van der Waals surface area (Å²) in [4.78, 5) is 32.1. The summed E-state index contributed by atoms with van der Waals surface area (Å²) >= 11 is 9.12. The SMILES string of the molecule is Cc1cn2c(=O)cc(CSc3ccccc3NC(=O)c3ccccc3Cl)nc2s1. The third-order valence-electron chi connectivity index (χ3n) is 4.17. The van der Waals surface area contributed by atoms with Crippen LogP contribution in [-0.4, -0.2) is 15.3 Å². The van der Waals surface area contributed by atoms with Crippen LogP contribution in [0.2, 0.25) is 5.02 Å². The number of hydrogen-bond acceptors (Lipinski definition) is 5. The van der Waals surface area contributed by atoms with Crippen molar-refractivity contribution in [2.75, 3.05) is 5.32 Å². The predicted octanol–water partition coefficient (Wildman–Crippen LogP) is 5.26. The third-order valence-corrected chi connectivity index (χ3v) is 6.50. The van der Waals surface area contributed by atoms with E-state index in [0.717, 1.165) is 9.77 Å². The molecule has 4 rings (SSSR count). The first kappa shape index (κ1) is 19.7. The first-order valence-electron chi connectivity index (χ1n) is 8.78. The van der Waals surface area contributed by atoms with Gasteiger partial charge in [-0.05, 0) is 31.2 Å². The second kappa shape index (κ2) is 8.41. The van der Waals surface area contributed by atoms with E-state index < -0.39 is 0 Å². The van der Waals surface area contributed by atoms with Gasteiger partial charge in [-0.25, -0.2) is 4.98 Å². The second-order valence-corrected chi connectivity index (χ2v) is 8.94. The molecule has 5 nitrogen and oxygen atoms in total. The molecule has 0 atom stereocenters. The summed E-state index contributed by atoms with van der Waals surface area (Å²) in [6.07, 6.45) is 1.80. The number of rotatable bonds is 5. The number of halogens is 1. The molecule has 2 aromatic carbocycles. The topological polar surface area (TPSA) is 63.5 Å². The second-order valence-electron chi connectivity index (χ2n) is 6.30. The number of thioether (sulfide) groups is 1. The van der Waals surface area contributed by atoms with Crippen molar-refractivity contribution >= 4 is 51.3 Å². The lowest BCUT2D eigenvalue weighted by molar-refractivity contribution is 0.102. The summed E-state index contributed by atoms with van der Waals surface area (Å²) in [7, 11) is 0. The Morgan fingerprint density at radius 1 is 1.21 bits per heavy atom. The molecule has 29 heavy (non-hydrogen) atoms. The Hall–Kier alpha value is -2.61. The van der Waals surface area contributed by atoms with Crippen LogP contribution in [0.3, 0.4) is 0 Å². The maximum atomic E-state index is 12.6. The number of aryl methyl sites for hydroxylation is 1. The molecule has 0 radical (unpaired) electrons. The van der Waals surface area contributed by atoms with E-state index in [1.54, 1.807) is 40.9 Å². The number of fused-ring (bicyclic) bond motifs is 1. The van der Waals surface area contributed by atoms with E-state index in [1.807, 2.05) is 31.2 Å². The molecule has 0 fully saturated rings. The van der Waals surface area contributed by atoms with Crippen LogP contribution in [0.4, 0.5) is 5.69 Å². The monoisotopic (exact) mass is 441 g/mol. The number of carbonyl (C=O) groups excluding carboxylic acids is 1. The largest absolute Gasteiger partial charge is 0.321 e. The lowest BCUT2D eigenvalue weighted by Crippen LogP contribution is -2.13. The number of carbonyl (C=O) groups is 1. The number of nitrogens with one attached hydrogen (secondary N) is 1. The number of anilines is 1. The Labute approximate surface area is 180 Å². The molecule has 1 amide bonds. The summed E-state index contributed by atoms with van der Waals surface area (Å²) in [5.41, 5.74) is 1.72. The normalized spacial score (nSPS) is 11.0. The molecule has 8 heteroatoms. The average Bonchev–Trinajstić information content (AvgIpc) is 3.08. The van der Waals surface area contributed by atoms with Gasteiger partial charge >= 0.3 is 0 Å². The van der Waals surface area contributed by atoms with Crippen molar-refractivity contribution in [3.05, 3.63) is 92.3 Å². The fourth-order valence-electron chi connectivity index (χ4n) is 2.81. The molecule has 146 valence electrons. The van der Waals surface area contributed by atoms with Crippen molar-refractivity contribution in [2.24, 2.45) is 0 Å².